The van der Waals surface area contributed by atoms with Crippen molar-refractivity contribution in [2.45, 2.75) is 62.7 Å². The molecule has 8 N–H and O–H groups in total. The van der Waals surface area contributed by atoms with Crippen molar-refractivity contribution in [2.75, 3.05) is 6.54 Å². The highest BCUT2D eigenvalue weighted by Gasteiger charge is 2.32. The number of fused-ring (bicyclic) bond motifs is 1. The van der Waals surface area contributed by atoms with Crippen LogP contribution in [-0.2, 0) is 36.8 Å². The lowest BCUT2D eigenvalue weighted by atomic mass is 10.0. The molecule has 1 aromatic heterocycles. The van der Waals surface area contributed by atoms with Crippen molar-refractivity contribution >= 4 is 40.6 Å². The Labute approximate surface area is 247 Å². The number of rotatable bonds is 14. The number of H-pyrrole nitrogens is 1. The summed E-state index contributed by atoms with van der Waals surface area (Å²) in [6.45, 7) is 0.673. The third kappa shape index (κ3) is 8.55. The molecule has 3 amide bonds. The van der Waals surface area contributed by atoms with Crippen molar-refractivity contribution in [3.05, 3.63) is 65.9 Å². The first-order chi connectivity index (χ1) is 20.6. The fourth-order valence-corrected chi connectivity index (χ4v) is 5.06. The minimum Gasteiger partial charge on any atom is -0.508 e. The zero-order valence-corrected chi connectivity index (χ0v) is 23.3. The summed E-state index contributed by atoms with van der Waals surface area (Å²) >= 11 is 0. The number of nitrogens with one attached hydrogen (secondary N) is 5. The van der Waals surface area contributed by atoms with Crippen LogP contribution in [0.3, 0.4) is 0 Å². The van der Waals surface area contributed by atoms with E-state index in [9.17, 15) is 34.2 Å². The summed E-state index contributed by atoms with van der Waals surface area (Å²) in [6, 6.07) is 9.18. The van der Waals surface area contributed by atoms with Crippen LogP contribution in [0.15, 0.2) is 54.7 Å². The Morgan fingerprint density at radius 1 is 0.860 bits per heavy atom. The average molecular weight is 594 g/mol. The zero-order valence-electron chi connectivity index (χ0n) is 23.3. The second-order valence-corrected chi connectivity index (χ2v) is 10.5. The third-order valence-corrected chi connectivity index (χ3v) is 7.38. The molecule has 13 heteroatoms. The third-order valence-electron chi connectivity index (χ3n) is 7.38. The number of carboxylic acids is 2. The molecule has 0 spiro atoms. The minimum atomic E-state index is -1.49. The lowest BCUT2D eigenvalue weighted by Crippen LogP contribution is -2.58. The van der Waals surface area contributed by atoms with Gasteiger partial charge in [-0.1, -0.05) is 30.3 Å². The van der Waals surface area contributed by atoms with Crippen LogP contribution in [0.1, 0.15) is 36.8 Å². The van der Waals surface area contributed by atoms with Gasteiger partial charge in [0.15, 0.2) is 0 Å². The molecular weight excluding hydrogens is 558 g/mol. The number of carbonyl (C=O) groups is 5. The molecule has 0 bridgehead atoms. The summed E-state index contributed by atoms with van der Waals surface area (Å²) in [5, 5.41) is 40.0. The van der Waals surface area contributed by atoms with Gasteiger partial charge in [0.05, 0.1) is 6.04 Å². The van der Waals surface area contributed by atoms with Crippen LogP contribution in [0, 0.1) is 0 Å². The molecule has 13 nitrogen and oxygen atoms in total. The summed E-state index contributed by atoms with van der Waals surface area (Å²) in [5.74, 6) is -4.44. The van der Waals surface area contributed by atoms with Crippen LogP contribution in [0.4, 0.5) is 0 Å². The number of benzene rings is 2. The van der Waals surface area contributed by atoms with Crippen LogP contribution in [0.5, 0.6) is 5.75 Å². The normalized spacial score (nSPS) is 16.6. The van der Waals surface area contributed by atoms with Crippen LogP contribution < -0.4 is 21.3 Å². The number of aromatic nitrogens is 1. The van der Waals surface area contributed by atoms with E-state index in [0.717, 1.165) is 17.3 Å². The second kappa shape index (κ2) is 14.3. The Bertz CT molecular complexity index is 1460. The van der Waals surface area contributed by atoms with Crippen LogP contribution >= 0.6 is 0 Å². The molecule has 43 heavy (non-hydrogen) atoms. The maximum absolute atomic E-state index is 13.7. The van der Waals surface area contributed by atoms with E-state index in [1.54, 1.807) is 18.3 Å². The highest BCUT2D eigenvalue weighted by Crippen LogP contribution is 2.20. The Morgan fingerprint density at radius 3 is 2.19 bits per heavy atom. The second-order valence-electron chi connectivity index (χ2n) is 10.5. The highest BCUT2D eigenvalue weighted by molar-refractivity contribution is 5.95. The van der Waals surface area contributed by atoms with E-state index < -0.39 is 54.3 Å². The maximum Gasteiger partial charge on any atom is 0.326 e. The van der Waals surface area contributed by atoms with E-state index in [1.165, 1.54) is 12.1 Å². The van der Waals surface area contributed by atoms with Gasteiger partial charge in [-0.25, -0.2) is 4.79 Å². The van der Waals surface area contributed by atoms with Crippen LogP contribution in [0.2, 0.25) is 0 Å². The fraction of sp³-hybridized carbons (Fsp3) is 0.367. The van der Waals surface area contributed by atoms with E-state index in [2.05, 4.69) is 26.3 Å². The van der Waals surface area contributed by atoms with E-state index in [1.807, 2.05) is 24.3 Å². The fourth-order valence-electron chi connectivity index (χ4n) is 5.06. The number of aromatic hydroxyl groups is 1. The first-order valence-electron chi connectivity index (χ1n) is 14.0. The van der Waals surface area contributed by atoms with E-state index in [-0.39, 0.29) is 30.9 Å². The number of amides is 3. The first-order valence-corrected chi connectivity index (χ1v) is 14.0. The maximum atomic E-state index is 13.7. The van der Waals surface area contributed by atoms with Gasteiger partial charge in [-0.15, -0.1) is 0 Å². The van der Waals surface area contributed by atoms with Gasteiger partial charge in [-0.3, -0.25) is 19.2 Å². The Hall–Kier alpha value is -4.91. The average Bonchev–Trinajstić information content (AvgIpc) is 3.66. The molecule has 0 saturated carbocycles. The summed E-state index contributed by atoms with van der Waals surface area (Å²) in [5.41, 5.74) is 2.13. The number of hydrogen-bond donors (Lipinski definition) is 8. The van der Waals surface area contributed by atoms with Gasteiger partial charge in [0.25, 0.3) is 0 Å². The number of carbonyl (C=O) groups excluding carboxylic acids is 3. The van der Waals surface area contributed by atoms with E-state index >= 15 is 0 Å². The van der Waals surface area contributed by atoms with E-state index in [4.69, 9.17) is 5.11 Å². The number of phenolic OH excluding ortho intramolecular Hbond substituents is 1. The van der Waals surface area contributed by atoms with Crippen molar-refractivity contribution < 1.29 is 39.3 Å². The molecule has 228 valence electrons. The summed E-state index contributed by atoms with van der Waals surface area (Å²) in [7, 11) is 0. The van der Waals surface area contributed by atoms with Crippen LogP contribution in [0.25, 0.3) is 10.9 Å². The Balaban J connectivity index is 1.59. The molecule has 0 aliphatic carbocycles. The Morgan fingerprint density at radius 2 is 1.53 bits per heavy atom. The zero-order chi connectivity index (χ0) is 30.9. The largest absolute Gasteiger partial charge is 0.508 e. The van der Waals surface area contributed by atoms with Crippen LogP contribution in [-0.4, -0.2) is 80.7 Å². The number of hydrogen-bond acceptors (Lipinski definition) is 7. The monoisotopic (exact) mass is 593 g/mol. The molecule has 1 aliphatic heterocycles. The lowest BCUT2D eigenvalue weighted by Gasteiger charge is -2.25. The number of aromatic amines is 1. The predicted molar refractivity (Wildman–Crippen MR) is 155 cm³/mol. The molecule has 1 saturated heterocycles. The number of aliphatic carboxylic acids is 2. The molecule has 4 unspecified atom stereocenters. The van der Waals surface area contributed by atoms with Gasteiger partial charge in [-0.05, 0) is 55.1 Å². The molecular formula is C30H35N5O8. The van der Waals surface area contributed by atoms with Crippen molar-refractivity contribution in [1.82, 2.24) is 26.3 Å². The standard InChI is InChI=1S/C30H35N5O8/c36-19-9-7-17(8-10-19)14-24(34-27(39)22-6-3-13-31-22)28(40)35-25(15-18-16-32-21-5-2-1-4-20(18)21)29(41)33-23(30(42)43)11-12-26(37)38/h1-2,4-5,7-10,16,22-25,31-32,36H,3,6,11-15H2,(H,33,41)(H,34,39)(H,35,40)(H,37,38)(H,42,43). The smallest absolute Gasteiger partial charge is 0.326 e. The quantitative estimate of drug-likeness (QED) is 0.133. The van der Waals surface area contributed by atoms with Gasteiger partial charge in [-0.2, -0.15) is 0 Å². The molecule has 4 rings (SSSR count). The van der Waals surface area contributed by atoms with Gasteiger partial charge in [0.2, 0.25) is 17.7 Å². The molecule has 3 aromatic rings. The van der Waals surface area contributed by atoms with Gasteiger partial charge in [0, 0.05) is 36.4 Å². The molecule has 2 heterocycles. The SMILES string of the molecule is O=C(O)CCC(NC(=O)C(Cc1c[nH]c2ccccc12)NC(=O)C(Cc1ccc(O)cc1)NC(=O)C1CCCN1)C(=O)O. The number of para-hydroxylation sites is 1. The molecule has 4 atom stereocenters. The molecule has 2 aromatic carbocycles. The number of phenols is 1. The van der Waals surface area contributed by atoms with Crippen molar-refractivity contribution in [3.63, 3.8) is 0 Å². The number of carboxylic acid groups (broad SMARTS) is 2. The van der Waals surface area contributed by atoms with Crippen molar-refractivity contribution in [2.24, 2.45) is 0 Å². The highest BCUT2D eigenvalue weighted by atomic mass is 16.4. The molecule has 1 fully saturated rings. The van der Waals surface area contributed by atoms with Crippen molar-refractivity contribution in [1.29, 1.82) is 0 Å². The lowest BCUT2D eigenvalue weighted by molar-refractivity contribution is -0.143. The van der Waals surface area contributed by atoms with Crippen molar-refractivity contribution in [3.8, 4) is 5.75 Å². The van der Waals surface area contributed by atoms with Gasteiger partial charge in [0.1, 0.15) is 23.9 Å². The Kier molecular flexibility index (Phi) is 10.3. The van der Waals surface area contributed by atoms with E-state index in [0.29, 0.717) is 24.1 Å². The summed E-state index contributed by atoms with van der Waals surface area (Å²) < 4.78 is 0. The summed E-state index contributed by atoms with van der Waals surface area (Å²) in [6.07, 6.45) is 2.33. The first kappa shape index (κ1) is 31.0. The minimum absolute atomic E-state index is 0.0170. The predicted octanol–water partition coefficient (Wildman–Crippen LogP) is 0.815. The summed E-state index contributed by atoms with van der Waals surface area (Å²) in [4.78, 5) is 66.1. The topological polar surface area (TPSA) is 210 Å². The van der Waals surface area contributed by atoms with Gasteiger partial charge < -0.3 is 41.6 Å². The molecule has 0 radical (unpaired) electrons. The van der Waals surface area contributed by atoms with Gasteiger partial charge >= 0.3 is 11.9 Å². The molecule has 1 aliphatic rings.